The summed E-state index contributed by atoms with van der Waals surface area (Å²) in [5, 5.41) is 3.86. The average molecular weight is 267 g/mol. The Morgan fingerprint density at radius 1 is 0.950 bits per heavy atom. The lowest BCUT2D eigenvalue weighted by Crippen LogP contribution is -1.95. The van der Waals surface area contributed by atoms with Gasteiger partial charge in [0.05, 0.1) is 6.54 Å². The van der Waals surface area contributed by atoms with Crippen LogP contribution in [0.2, 0.25) is 0 Å². The molecule has 5 heteroatoms. The zero-order chi connectivity index (χ0) is 13.8. The predicted molar refractivity (Wildman–Crippen MR) is 74.1 cm³/mol. The molecule has 0 unspecified atom stereocenters. The summed E-state index contributed by atoms with van der Waals surface area (Å²) in [6.45, 7) is 0.238. The lowest BCUT2D eigenvalue weighted by atomic mass is 10.2. The smallest absolute Gasteiger partial charge is 0.240 e. The number of hydrogen-bond donors (Lipinski definition) is 1. The zero-order valence-electron chi connectivity index (χ0n) is 10.7. The zero-order valence-corrected chi connectivity index (χ0v) is 10.7. The van der Waals surface area contributed by atoms with E-state index >= 15 is 0 Å². The van der Waals surface area contributed by atoms with Crippen molar-refractivity contribution in [2.24, 2.45) is 5.73 Å². The first-order chi connectivity index (χ1) is 9.85. The number of para-hydroxylation sites is 1. The van der Waals surface area contributed by atoms with Crippen LogP contribution in [0.15, 0.2) is 59.1 Å². The Kier molecular flexibility index (Phi) is 3.43. The standard InChI is InChI=1S/C15H13N3O2/c16-10-14-17-15(18-20-14)11-6-8-13(9-7-11)19-12-4-2-1-3-5-12/h1-9H,10,16H2. The van der Waals surface area contributed by atoms with E-state index in [0.29, 0.717) is 11.7 Å². The summed E-state index contributed by atoms with van der Waals surface area (Å²) >= 11 is 0. The molecular formula is C15H13N3O2. The minimum atomic E-state index is 0.238. The van der Waals surface area contributed by atoms with E-state index in [1.54, 1.807) is 0 Å². The first-order valence-corrected chi connectivity index (χ1v) is 6.21. The predicted octanol–water partition coefficient (Wildman–Crippen LogP) is 2.99. The van der Waals surface area contributed by atoms with Gasteiger partial charge in [-0.25, -0.2) is 0 Å². The van der Waals surface area contributed by atoms with Gasteiger partial charge in [0.1, 0.15) is 11.5 Å². The Labute approximate surface area is 116 Å². The fourth-order valence-corrected chi connectivity index (χ4v) is 1.75. The Bertz CT molecular complexity index is 678. The molecule has 3 rings (SSSR count). The summed E-state index contributed by atoms with van der Waals surface area (Å²) in [5.74, 6) is 2.49. The lowest BCUT2D eigenvalue weighted by molar-refractivity contribution is 0.380. The minimum Gasteiger partial charge on any atom is -0.457 e. The normalized spacial score (nSPS) is 10.4. The van der Waals surface area contributed by atoms with Crippen LogP contribution in [0.4, 0.5) is 0 Å². The van der Waals surface area contributed by atoms with Crippen LogP contribution in [0.1, 0.15) is 5.89 Å². The van der Waals surface area contributed by atoms with Crippen molar-refractivity contribution >= 4 is 0 Å². The Morgan fingerprint density at radius 3 is 2.30 bits per heavy atom. The molecule has 0 radical (unpaired) electrons. The summed E-state index contributed by atoms with van der Waals surface area (Å²) < 4.78 is 10.7. The van der Waals surface area contributed by atoms with Crippen molar-refractivity contribution in [3.8, 4) is 22.9 Å². The maximum absolute atomic E-state index is 5.71. The third-order valence-corrected chi connectivity index (χ3v) is 2.73. The van der Waals surface area contributed by atoms with Crippen molar-refractivity contribution in [2.75, 3.05) is 0 Å². The van der Waals surface area contributed by atoms with Gasteiger partial charge in [0.25, 0.3) is 0 Å². The monoisotopic (exact) mass is 267 g/mol. The van der Waals surface area contributed by atoms with Gasteiger partial charge in [0, 0.05) is 5.56 Å². The SMILES string of the molecule is NCc1nc(-c2ccc(Oc3ccccc3)cc2)no1. The Morgan fingerprint density at radius 2 is 1.65 bits per heavy atom. The highest BCUT2D eigenvalue weighted by molar-refractivity contribution is 5.55. The fraction of sp³-hybridized carbons (Fsp3) is 0.0667. The number of nitrogens with zero attached hydrogens (tertiary/aromatic N) is 2. The number of benzene rings is 2. The molecule has 0 aliphatic carbocycles. The van der Waals surface area contributed by atoms with Gasteiger partial charge in [-0.2, -0.15) is 4.98 Å². The van der Waals surface area contributed by atoms with Crippen LogP contribution in [-0.2, 0) is 6.54 Å². The second-order valence-electron chi connectivity index (χ2n) is 4.16. The van der Waals surface area contributed by atoms with Crippen LogP contribution < -0.4 is 10.5 Å². The summed E-state index contributed by atoms with van der Waals surface area (Å²) in [6.07, 6.45) is 0. The maximum atomic E-state index is 5.71. The first kappa shape index (κ1) is 12.4. The molecular weight excluding hydrogens is 254 g/mol. The highest BCUT2D eigenvalue weighted by Gasteiger charge is 2.07. The molecule has 5 nitrogen and oxygen atoms in total. The fourth-order valence-electron chi connectivity index (χ4n) is 1.75. The van der Waals surface area contributed by atoms with E-state index in [4.69, 9.17) is 15.0 Å². The summed E-state index contributed by atoms with van der Waals surface area (Å²) in [7, 11) is 0. The van der Waals surface area contributed by atoms with Gasteiger partial charge in [-0.05, 0) is 36.4 Å². The molecule has 0 saturated carbocycles. The highest BCUT2D eigenvalue weighted by atomic mass is 16.5. The van der Waals surface area contributed by atoms with Gasteiger partial charge in [0.15, 0.2) is 0 Å². The Balaban J connectivity index is 1.77. The van der Waals surface area contributed by atoms with Crippen LogP contribution in [0, 0.1) is 0 Å². The lowest BCUT2D eigenvalue weighted by Gasteiger charge is -2.05. The van der Waals surface area contributed by atoms with Crippen LogP contribution >= 0.6 is 0 Å². The van der Waals surface area contributed by atoms with Gasteiger partial charge in [-0.1, -0.05) is 23.4 Å². The van der Waals surface area contributed by atoms with E-state index < -0.39 is 0 Å². The van der Waals surface area contributed by atoms with E-state index in [2.05, 4.69) is 10.1 Å². The molecule has 2 aromatic carbocycles. The van der Waals surface area contributed by atoms with Crippen molar-refractivity contribution in [3.05, 3.63) is 60.5 Å². The molecule has 3 aromatic rings. The van der Waals surface area contributed by atoms with Crippen molar-refractivity contribution < 1.29 is 9.26 Å². The van der Waals surface area contributed by atoms with Crippen molar-refractivity contribution in [2.45, 2.75) is 6.54 Å². The summed E-state index contributed by atoms with van der Waals surface area (Å²) in [5.41, 5.74) is 6.29. The third-order valence-electron chi connectivity index (χ3n) is 2.73. The number of aromatic nitrogens is 2. The van der Waals surface area contributed by atoms with Crippen LogP contribution in [0.3, 0.4) is 0 Å². The second-order valence-corrected chi connectivity index (χ2v) is 4.16. The van der Waals surface area contributed by atoms with E-state index in [1.165, 1.54) is 0 Å². The van der Waals surface area contributed by atoms with Gasteiger partial charge in [-0.3, -0.25) is 0 Å². The quantitative estimate of drug-likeness (QED) is 0.786. The molecule has 0 spiro atoms. The average Bonchev–Trinajstić information content (AvgIpc) is 2.98. The van der Waals surface area contributed by atoms with Crippen molar-refractivity contribution in [3.63, 3.8) is 0 Å². The highest BCUT2D eigenvalue weighted by Crippen LogP contribution is 2.24. The minimum absolute atomic E-state index is 0.238. The van der Waals surface area contributed by atoms with Crippen LogP contribution in [-0.4, -0.2) is 10.1 Å². The number of nitrogens with two attached hydrogens (primary N) is 1. The molecule has 0 fully saturated rings. The maximum Gasteiger partial charge on any atom is 0.240 e. The molecule has 0 aliphatic heterocycles. The molecule has 20 heavy (non-hydrogen) atoms. The molecule has 0 saturated heterocycles. The van der Waals surface area contributed by atoms with E-state index in [1.807, 2.05) is 54.6 Å². The molecule has 0 bridgehead atoms. The van der Waals surface area contributed by atoms with E-state index in [9.17, 15) is 0 Å². The second kappa shape index (κ2) is 5.54. The summed E-state index contributed by atoms with van der Waals surface area (Å²) in [6, 6.07) is 17.1. The summed E-state index contributed by atoms with van der Waals surface area (Å²) in [4.78, 5) is 4.17. The van der Waals surface area contributed by atoms with Crippen LogP contribution in [0.25, 0.3) is 11.4 Å². The molecule has 0 amide bonds. The molecule has 1 heterocycles. The van der Waals surface area contributed by atoms with Gasteiger partial charge in [-0.15, -0.1) is 0 Å². The number of hydrogen-bond acceptors (Lipinski definition) is 5. The molecule has 100 valence electrons. The number of ether oxygens (including phenoxy) is 1. The largest absolute Gasteiger partial charge is 0.457 e. The molecule has 0 atom stereocenters. The van der Waals surface area contributed by atoms with Gasteiger partial charge < -0.3 is 15.0 Å². The van der Waals surface area contributed by atoms with Crippen LogP contribution in [0.5, 0.6) is 11.5 Å². The van der Waals surface area contributed by atoms with Crippen molar-refractivity contribution in [1.29, 1.82) is 0 Å². The van der Waals surface area contributed by atoms with Gasteiger partial charge >= 0.3 is 0 Å². The van der Waals surface area contributed by atoms with E-state index in [0.717, 1.165) is 17.1 Å². The first-order valence-electron chi connectivity index (χ1n) is 6.21. The topological polar surface area (TPSA) is 74.2 Å². The molecule has 1 aromatic heterocycles. The Hall–Kier alpha value is -2.66. The van der Waals surface area contributed by atoms with Gasteiger partial charge in [0.2, 0.25) is 11.7 Å². The van der Waals surface area contributed by atoms with Crippen molar-refractivity contribution in [1.82, 2.24) is 10.1 Å². The number of rotatable bonds is 4. The third kappa shape index (κ3) is 2.67. The molecule has 0 aliphatic rings. The molecule has 2 N–H and O–H groups in total. The van der Waals surface area contributed by atoms with E-state index in [-0.39, 0.29) is 6.54 Å².